The van der Waals surface area contributed by atoms with E-state index in [-0.39, 0.29) is 0 Å². The van der Waals surface area contributed by atoms with E-state index >= 15 is 0 Å². The van der Waals surface area contributed by atoms with Gasteiger partial charge in [0.05, 0.1) is 0 Å². The van der Waals surface area contributed by atoms with Crippen LogP contribution in [0.2, 0.25) is 0 Å². The van der Waals surface area contributed by atoms with Gasteiger partial charge >= 0.3 is 0 Å². The molecule has 0 amide bonds. The lowest BCUT2D eigenvalue weighted by Crippen LogP contribution is -2.16. The Hall–Kier alpha value is 1.05. The monoisotopic (exact) mass is 194 g/mol. The quantitative estimate of drug-likeness (QED) is 0.678. The first-order valence-corrected chi connectivity index (χ1v) is 7.06. The van der Waals surface area contributed by atoms with E-state index < -0.39 is 0 Å². The Bertz CT molecular complexity index is 78.9. The summed E-state index contributed by atoms with van der Waals surface area (Å²) in [5.41, 5.74) is 0. The zero-order valence-corrected chi connectivity index (χ0v) is 8.79. The van der Waals surface area contributed by atoms with Crippen LogP contribution < -0.4 is 0 Å². The van der Waals surface area contributed by atoms with Gasteiger partial charge in [-0.1, -0.05) is 6.92 Å². The lowest BCUT2D eigenvalue weighted by molar-refractivity contribution is 1.13. The zero-order valence-electron chi connectivity index (χ0n) is 6.34. The molecule has 0 bridgehead atoms. The molecule has 0 aromatic carbocycles. The predicted molar refractivity (Wildman–Crippen MR) is 56.6 cm³/mol. The van der Waals surface area contributed by atoms with Crippen LogP contribution in [-0.2, 0) is 0 Å². The van der Waals surface area contributed by atoms with Crippen LogP contribution >= 0.6 is 35.3 Å². The minimum Gasteiger partial charge on any atom is -0.161 e. The Labute approximate surface area is 76.3 Å². The molecule has 0 spiro atoms. The van der Waals surface area contributed by atoms with Gasteiger partial charge in [0.25, 0.3) is 0 Å². The maximum atomic E-state index is 2.24. The average Bonchev–Trinajstić information content (AvgIpc) is 2.03. The first kappa shape index (κ1) is 9.14. The van der Waals surface area contributed by atoms with Gasteiger partial charge in [-0.25, -0.2) is 0 Å². The Morgan fingerprint density at radius 2 is 2.40 bits per heavy atom. The molecule has 1 heterocycles. The van der Waals surface area contributed by atoms with Crippen LogP contribution in [-0.4, -0.2) is 34.0 Å². The summed E-state index contributed by atoms with van der Waals surface area (Å²) in [7, 11) is 0. The highest BCUT2D eigenvalue weighted by molar-refractivity contribution is 8.07. The molecule has 0 nitrogen and oxygen atoms in total. The molecule has 0 aliphatic carbocycles. The van der Waals surface area contributed by atoms with Crippen molar-refractivity contribution < 1.29 is 0 Å². The minimum absolute atomic E-state index is 0.948. The fourth-order valence-electron chi connectivity index (χ4n) is 0.882. The lowest BCUT2D eigenvalue weighted by atomic mass is 10.5. The van der Waals surface area contributed by atoms with E-state index in [4.69, 9.17) is 0 Å². The van der Waals surface area contributed by atoms with Gasteiger partial charge in [-0.3, -0.25) is 0 Å². The summed E-state index contributed by atoms with van der Waals surface area (Å²) in [5.74, 6) is 6.78. The zero-order chi connectivity index (χ0) is 7.23. The second-order valence-corrected chi connectivity index (χ2v) is 6.10. The number of thioether (sulfide) groups is 3. The molecule has 1 fully saturated rings. The van der Waals surface area contributed by atoms with Gasteiger partial charge in [0.1, 0.15) is 0 Å². The molecule has 0 radical (unpaired) electrons. The van der Waals surface area contributed by atoms with E-state index in [1.165, 1.54) is 28.8 Å². The third-order valence-electron chi connectivity index (χ3n) is 1.39. The van der Waals surface area contributed by atoms with Gasteiger partial charge in [0, 0.05) is 28.3 Å². The van der Waals surface area contributed by atoms with E-state index in [1.807, 2.05) is 0 Å². The van der Waals surface area contributed by atoms with Crippen molar-refractivity contribution in [2.75, 3.05) is 28.8 Å². The van der Waals surface area contributed by atoms with E-state index in [2.05, 4.69) is 42.2 Å². The Morgan fingerprint density at radius 1 is 1.50 bits per heavy atom. The Kier molecular flexibility index (Phi) is 5.18. The SMILES string of the molecule is CCSCC1CSCCS1. The Morgan fingerprint density at radius 3 is 3.00 bits per heavy atom. The maximum absolute atomic E-state index is 2.24. The summed E-state index contributed by atoms with van der Waals surface area (Å²) in [4.78, 5) is 0. The van der Waals surface area contributed by atoms with Crippen molar-refractivity contribution in [1.29, 1.82) is 0 Å². The van der Waals surface area contributed by atoms with Crippen LogP contribution in [0, 0.1) is 0 Å². The fraction of sp³-hybridized carbons (Fsp3) is 1.00. The van der Waals surface area contributed by atoms with Gasteiger partial charge < -0.3 is 0 Å². The van der Waals surface area contributed by atoms with Crippen molar-refractivity contribution in [3.8, 4) is 0 Å². The molecule has 1 atom stereocenters. The number of rotatable bonds is 3. The number of hydrogen-bond acceptors (Lipinski definition) is 3. The molecule has 0 aromatic heterocycles. The van der Waals surface area contributed by atoms with Crippen LogP contribution in [0.15, 0.2) is 0 Å². The molecule has 3 heteroatoms. The van der Waals surface area contributed by atoms with Crippen molar-refractivity contribution in [3.63, 3.8) is 0 Å². The van der Waals surface area contributed by atoms with Crippen LogP contribution in [0.4, 0.5) is 0 Å². The second kappa shape index (κ2) is 5.67. The largest absolute Gasteiger partial charge is 0.161 e. The van der Waals surface area contributed by atoms with Crippen molar-refractivity contribution in [2.45, 2.75) is 12.2 Å². The molecule has 0 saturated carbocycles. The molecule has 1 unspecified atom stereocenters. The molecule has 1 saturated heterocycles. The molecule has 1 rings (SSSR count). The molecule has 1 aliphatic rings. The molecule has 0 N–H and O–H groups in total. The molecule has 10 heavy (non-hydrogen) atoms. The fourth-order valence-corrected chi connectivity index (χ4v) is 4.73. The maximum Gasteiger partial charge on any atom is 0.0229 e. The highest BCUT2D eigenvalue weighted by Crippen LogP contribution is 2.26. The van der Waals surface area contributed by atoms with Crippen molar-refractivity contribution in [1.82, 2.24) is 0 Å². The third-order valence-corrected chi connectivity index (χ3v) is 5.50. The van der Waals surface area contributed by atoms with Crippen molar-refractivity contribution >= 4 is 35.3 Å². The molecule has 0 aromatic rings. The number of hydrogen-bond donors (Lipinski definition) is 0. The van der Waals surface area contributed by atoms with Crippen molar-refractivity contribution in [2.24, 2.45) is 0 Å². The van der Waals surface area contributed by atoms with Crippen LogP contribution in [0.5, 0.6) is 0 Å². The second-order valence-electron chi connectivity index (χ2n) is 2.23. The Balaban J connectivity index is 2.02. The summed E-state index contributed by atoms with van der Waals surface area (Å²) in [6.45, 7) is 2.24. The van der Waals surface area contributed by atoms with Crippen molar-refractivity contribution in [3.05, 3.63) is 0 Å². The van der Waals surface area contributed by atoms with Crippen LogP contribution in [0.3, 0.4) is 0 Å². The molecule has 1 aliphatic heterocycles. The van der Waals surface area contributed by atoms with E-state index in [0.717, 1.165) is 5.25 Å². The van der Waals surface area contributed by atoms with Gasteiger partial charge in [-0.15, -0.1) is 0 Å². The van der Waals surface area contributed by atoms with E-state index in [9.17, 15) is 0 Å². The lowest BCUT2D eigenvalue weighted by Gasteiger charge is -2.19. The third kappa shape index (κ3) is 3.44. The summed E-state index contributed by atoms with van der Waals surface area (Å²) in [5, 5.41) is 0.948. The minimum atomic E-state index is 0.948. The van der Waals surface area contributed by atoms with Crippen LogP contribution in [0.1, 0.15) is 6.92 Å². The van der Waals surface area contributed by atoms with Crippen LogP contribution in [0.25, 0.3) is 0 Å². The first-order chi connectivity index (χ1) is 4.93. The summed E-state index contributed by atoms with van der Waals surface area (Å²) < 4.78 is 0. The van der Waals surface area contributed by atoms with Gasteiger partial charge in [0.2, 0.25) is 0 Å². The van der Waals surface area contributed by atoms with Gasteiger partial charge in [-0.2, -0.15) is 35.3 Å². The van der Waals surface area contributed by atoms with Gasteiger partial charge in [0.15, 0.2) is 0 Å². The summed E-state index contributed by atoms with van der Waals surface area (Å²) in [6.07, 6.45) is 0. The standard InChI is InChI=1S/C7H14S3/c1-2-8-5-7-6-9-3-4-10-7/h7H,2-6H2,1H3. The highest BCUT2D eigenvalue weighted by Gasteiger charge is 2.12. The predicted octanol–water partition coefficient (Wildman–Crippen LogP) is 2.59. The summed E-state index contributed by atoms with van der Waals surface area (Å²) >= 11 is 6.36. The van der Waals surface area contributed by atoms with E-state index in [1.54, 1.807) is 0 Å². The molecular formula is C7H14S3. The first-order valence-electron chi connectivity index (χ1n) is 3.70. The summed E-state index contributed by atoms with van der Waals surface area (Å²) in [6, 6.07) is 0. The molecule has 60 valence electrons. The van der Waals surface area contributed by atoms with E-state index in [0.29, 0.717) is 0 Å². The normalized spacial score (nSPS) is 26.7. The smallest absolute Gasteiger partial charge is 0.0229 e. The topological polar surface area (TPSA) is 0 Å². The molecular weight excluding hydrogens is 180 g/mol. The van der Waals surface area contributed by atoms with Gasteiger partial charge in [-0.05, 0) is 5.75 Å². The highest BCUT2D eigenvalue weighted by atomic mass is 32.2. The average molecular weight is 194 g/mol.